The van der Waals surface area contributed by atoms with Gasteiger partial charge in [-0.25, -0.2) is 0 Å². The first-order valence-electron chi connectivity index (χ1n) is 11.7. The SMILES string of the molecule is COC(=O)CCCN(C(=O)[C@@]1(C)CCN1C(=O)c1csc2ccccc12)[C@H](C)c1ccc(Cl)cc1. The molecular formula is C27H29ClN2O4S. The van der Waals surface area contributed by atoms with E-state index in [4.69, 9.17) is 16.3 Å². The molecule has 0 aliphatic carbocycles. The molecule has 1 fully saturated rings. The van der Waals surface area contributed by atoms with Crippen molar-refractivity contribution in [3.8, 4) is 0 Å². The van der Waals surface area contributed by atoms with Gasteiger partial charge in [-0.05, 0) is 50.5 Å². The normalized spacial score (nSPS) is 18.1. The molecule has 1 aliphatic heterocycles. The number of methoxy groups -OCH3 is 1. The molecular weight excluding hydrogens is 484 g/mol. The largest absolute Gasteiger partial charge is 0.469 e. The van der Waals surface area contributed by atoms with Gasteiger partial charge >= 0.3 is 5.97 Å². The Morgan fingerprint density at radius 3 is 2.54 bits per heavy atom. The molecule has 2 atom stereocenters. The molecule has 0 spiro atoms. The van der Waals surface area contributed by atoms with Gasteiger partial charge in [-0.15, -0.1) is 11.3 Å². The van der Waals surface area contributed by atoms with E-state index in [0.717, 1.165) is 15.6 Å². The number of amides is 2. The third kappa shape index (κ3) is 4.93. The van der Waals surface area contributed by atoms with Crippen molar-refractivity contribution in [1.29, 1.82) is 0 Å². The van der Waals surface area contributed by atoms with Crippen molar-refractivity contribution < 1.29 is 19.1 Å². The smallest absolute Gasteiger partial charge is 0.305 e. The van der Waals surface area contributed by atoms with Gasteiger partial charge in [-0.1, -0.05) is 41.9 Å². The summed E-state index contributed by atoms with van der Waals surface area (Å²) in [5.41, 5.74) is 0.615. The summed E-state index contributed by atoms with van der Waals surface area (Å²) in [6.07, 6.45) is 1.27. The number of nitrogens with zero attached hydrogens (tertiary/aromatic N) is 2. The zero-order valence-electron chi connectivity index (χ0n) is 20.1. The predicted molar refractivity (Wildman–Crippen MR) is 139 cm³/mol. The number of esters is 1. The van der Waals surface area contributed by atoms with Crippen LogP contribution in [0.2, 0.25) is 5.02 Å². The van der Waals surface area contributed by atoms with E-state index in [9.17, 15) is 14.4 Å². The molecule has 6 nitrogen and oxygen atoms in total. The fourth-order valence-electron chi connectivity index (χ4n) is 4.59. The molecule has 0 saturated carbocycles. The van der Waals surface area contributed by atoms with Crippen molar-refractivity contribution in [2.75, 3.05) is 20.2 Å². The van der Waals surface area contributed by atoms with Gasteiger partial charge < -0.3 is 14.5 Å². The van der Waals surface area contributed by atoms with E-state index in [1.54, 1.807) is 21.9 Å². The van der Waals surface area contributed by atoms with E-state index in [1.807, 2.05) is 55.6 Å². The van der Waals surface area contributed by atoms with Gasteiger partial charge in [-0.2, -0.15) is 0 Å². The highest BCUT2D eigenvalue weighted by Crippen LogP contribution is 2.38. The van der Waals surface area contributed by atoms with Gasteiger partial charge in [0, 0.05) is 40.0 Å². The molecule has 184 valence electrons. The molecule has 2 heterocycles. The van der Waals surface area contributed by atoms with Crippen molar-refractivity contribution in [1.82, 2.24) is 9.80 Å². The molecule has 1 aromatic heterocycles. The minimum absolute atomic E-state index is 0.121. The number of hydrogen-bond donors (Lipinski definition) is 0. The number of halogens is 1. The van der Waals surface area contributed by atoms with Crippen LogP contribution in [0, 0.1) is 0 Å². The minimum atomic E-state index is -0.952. The molecule has 8 heteroatoms. The summed E-state index contributed by atoms with van der Waals surface area (Å²) in [6, 6.07) is 15.0. The van der Waals surface area contributed by atoms with E-state index in [-0.39, 0.29) is 30.2 Å². The van der Waals surface area contributed by atoms with Crippen LogP contribution in [0.15, 0.2) is 53.9 Å². The summed E-state index contributed by atoms with van der Waals surface area (Å²) in [5.74, 6) is -0.560. The second-order valence-corrected chi connectivity index (χ2v) is 10.4. The Balaban J connectivity index is 1.59. The monoisotopic (exact) mass is 512 g/mol. The number of carbonyl (C=O) groups is 3. The molecule has 0 N–H and O–H groups in total. The third-order valence-corrected chi connectivity index (χ3v) is 8.14. The van der Waals surface area contributed by atoms with Crippen molar-refractivity contribution in [3.63, 3.8) is 0 Å². The zero-order valence-corrected chi connectivity index (χ0v) is 21.7. The molecule has 35 heavy (non-hydrogen) atoms. The van der Waals surface area contributed by atoms with Crippen LogP contribution in [0.5, 0.6) is 0 Å². The first kappa shape index (κ1) is 25.2. The fraction of sp³-hybridized carbons (Fsp3) is 0.370. The molecule has 0 unspecified atom stereocenters. The Labute approximate surface area is 214 Å². The van der Waals surface area contributed by atoms with Crippen LogP contribution in [0.25, 0.3) is 10.1 Å². The van der Waals surface area contributed by atoms with Crippen LogP contribution in [-0.4, -0.2) is 53.3 Å². The Morgan fingerprint density at radius 2 is 1.89 bits per heavy atom. The number of carbonyl (C=O) groups excluding carboxylic acids is 3. The standard InChI is InChI=1S/C27H29ClN2O4S/c1-18(19-10-12-20(28)13-11-19)29(15-6-9-24(31)34-3)26(33)27(2)14-16-30(27)25(32)22-17-35-23-8-5-4-7-21(22)23/h4-5,7-8,10-13,17-18H,6,9,14-16H2,1-3H3/t18-,27-/m1/s1. The highest BCUT2D eigenvalue weighted by molar-refractivity contribution is 7.17. The summed E-state index contributed by atoms with van der Waals surface area (Å²) < 4.78 is 5.81. The quantitative estimate of drug-likeness (QED) is 0.363. The number of fused-ring (bicyclic) bond motifs is 1. The number of hydrogen-bond acceptors (Lipinski definition) is 5. The van der Waals surface area contributed by atoms with E-state index in [2.05, 4.69) is 0 Å². The van der Waals surface area contributed by atoms with Crippen molar-refractivity contribution >= 4 is 50.8 Å². The van der Waals surface area contributed by atoms with Crippen LogP contribution in [0.3, 0.4) is 0 Å². The molecule has 0 radical (unpaired) electrons. The van der Waals surface area contributed by atoms with Gasteiger partial charge in [0.05, 0.1) is 18.7 Å². The van der Waals surface area contributed by atoms with Crippen LogP contribution >= 0.6 is 22.9 Å². The first-order valence-corrected chi connectivity index (χ1v) is 12.9. The second-order valence-electron chi connectivity index (χ2n) is 9.03. The number of likely N-dealkylation sites (tertiary alicyclic amines) is 1. The average Bonchev–Trinajstić information content (AvgIpc) is 3.29. The summed E-state index contributed by atoms with van der Waals surface area (Å²) in [4.78, 5) is 42.7. The second kappa shape index (κ2) is 10.4. The van der Waals surface area contributed by atoms with E-state index >= 15 is 0 Å². The summed E-state index contributed by atoms with van der Waals surface area (Å²) in [5, 5.41) is 3.41. The van der Waals surface area contributed by atoms with Gasteiger partial charge in [0.2, 0.25) is 5.91 Å². The van der Waals surface area contributed by atoms with Crippen LogP contribution < -0.4 is 0 Å². The summed E-state index contributed by atoms with van der Waals surface area (Å²) >= 11 is 7.60. The highest BCUT2D eigenvalue weighted by atomic mass is 35.5. The topological polar surface area (TPSA) is 66.9 Å². The Morgan fingerprint density at radius 1 is 1.17 bits per heavy atom. The van der Waals surface area contributed by atoms with Crippen LogP contribution in [0.4, 0.5) is 0 Å². The molecule has 0 bridgehead atoms. The average molecular weight is 513 g/mol. The molecule has 2 aromatic carbocycles. The van der Waals surface area contributed by atoms with E-state index < -0.39 is 5.54 Å². The van der Waals surface area contributed by atoms with Gasteiger partial charge in [0.25, 0.3) is 5.91 Å². The molecule has 1 aliphatic rings. The number of thiophene rings is 1. The maximum Gasteiger partial charge on any atom is 0.305 e. The van der Waals surface area contributed by atoms with Gasteiger partial charge in [0.1, 0.15) is 5.54 Å². The van der Waals surface area contributed by atoms with E-state index in [0.29, 0.717) is 36.5 Å². The summed E-state index contributed by atoms with van der Waals surface area (Å²) in [7, 11) is 1.36. The fourth-order valence-corrected chi connectivity index (χ4v) is 5.65. The molecule has 1 saturated heterocycles. The lowest BCUT2D eigenvalue weighted by atomic mass is 9.83. The minimum Gasteiger partial charge on any atom is -0.469 e. The Bertz CT molecular complexity index is 1240. The molecule has 4 rings (SSSR count). The molecule has 2 amide bonds. The van der Waals surface area contributed by atoms with E-state index in [1.165, 1.54) is 18.4 Å². The maximum atomic E-state index is 14.0. The van der Waals surface area contributed by atoms with Crippen molar-refractivity contribution in [2.24, 2.45) is 0 Å². The lowest BCUT2D eigenvalue weighted by Gasteiger charge is -2.51. The van der Waals surface area contributed by atoms with Crippen molar-refractivity contribution in [2.45, 2.75) is 44.7 Å². The first-order chi connectivity index (χ1) is 16.8. The van der Waals surface area contributed by atoms with Gasteiger partial charge in [-0.3, -0.25) is 14.4 Å². The third-order valence-electron chi connectivity index (χ3n) is 6.92. The Kier molecular flexibility index (Phi) is 7.47. The lowest BCUT2D eigenvalue weighted by molar-refractivity contribution is -0.152. The van der Waals surface area contributed by atoms with Crippen LogP contribution in [-0.2, 0) is 14.3 Å². The molecule has 3 aromatic rings. The Hall–Kier alpha value is -2.90. The summed E-state index contributed by atoms with van der Waals surface area (Å²) in [6.45, 7) is 4.69. The highest BCUT2D eigenvalue weighted by Gasteiger charge is 2.52. The zero-order chi connectivity index (χ0) is 25.2. The van der Waals surface area contributed by atoms with Crippen LogP contribution in [0.1, 0.15) is 55.1 Å². The van der Waals surface area contributed by atoms with Gasteiger partial charge in [0.15, 0.2) is 0 Å². The number of rotatable bonds is 8. The maximum absolute atomic E-state index is 14.0. The number of benzene rings is 2. The number of ether oxygens (including phenoxy) is 1. The van der Waals surface area contributed by atoms with Crippen molar-refractivity contribution in [3.05, 3.63) is 70.1 Å². The lowest BCUT2D eigenvalue weighted by Crippen LogP contribution is -2.68. The predicted octanol–water partition coefficient (Wildman–Crippen LogP) is 5.70.